The minimum Gasteiger partial charge on any atom is -0.365 e. The van der Waals surface area contributed by atoms with E-state index in [9.17, 15) is 18.0 Å². The van der Waals surface area contributed by atoms with Gasteiger partial charge in [0.05, 0.1) is 5.56 Å². The van der Waals surface area contributed by atoms with Crippen LogP contribution in [0.4, 0.5) is 24.7 Å². The van der Waals surface area contributed by atoms with Gasteiger partial charge in [0.25, 0.3) is 5.91 Å². The molecule has 2 aromatic carbocycles. The van der Waals surface area contributed by atoms with Crippen molar-refractivity contribution in [2.75, 3.05) is 10.6 Å². The van der Waals surface area contributed by atoms with Gasteiger partial charge in [-0.05, 0) is 42.8 Å². The third-order valence-electron chi connectivity index (χ3n) is 3.90. The Morgan fingerprint density at radius 3 is 2.46 bits per heavy atom. The molecule has 0 fully saturated rings. The third-order valence-corrected chi connectivity index (χ3v) is 3.90. The first-order valence-corrected chi connectivity index (χ1v) is 8.43. The highest BCUT2D eigenvalue weighted by Crippen LogP contribution is 2.30. The minimum absolute atomic E-state index is 0.00137. The second-order valence-corrected chi connectivity index (χ2v) is 6.18. The molecule has 8 heteroatoms. The van der Waals surface area contributed by atoms with Crippen molar-refractivity contribution in [1.82, 2.24) is 10.2 Å². The Kier molecular flexibility index (Phi) is 5.58. The Balaban J connectivity index is 1.62. The first kappa shape index (κ1) is 19.3. The molecule has 0 radical (unpaired) electrons. The molecule has 28 heavy (non-hydrogen) atoms. The number of amides is 1. The van der Waals surface area contributed by atoms with Gasteiger partial charge in [0.2, 0.25) is 0 Å². The van der Waals surface area contributed by atoms with Crippen LogP contribution < -0.4 is 10.6 Å². The molecule has 3 aromatic rings. The Hall–Kier alpha value is -3.42. The maximum Gasteiger partial charge on any atom is 0.416 e. The van der Waals surface area contributed by atoms with Crippen molar-refractivity contribution in [1.29, 1.82) is 0 Å². The maximum atomic E-state index is 12.7. The normalized spacial score (nSPS) is 11.1. The van der Waals surface area contributed by atoms with E-state index in [1.54, 1.807) is 6.07 Å². The van der Waals surface area contributed by atoms with Gasteiger partial charge in [-0.15, -0.1) is 10.2 Å². The standard InChI is InChI=1S/C20H17F3N4O/c1-13-4-2-5-14(10-13)12-24-18-9-8-17(26-27-18)19(28)25-16-7-3-6-15(11-16)20(21,22)23/h2-11H,12H2,1H3,(H,24,27)(H,25,28). The topological polar surface area (TPSA) is 66.9 Å². The number of anilines is 2. The lowest BCUT2D eigenvalue weighted by atomic mass is 10.1. The van der Waals surface area contributed by atoms with E-state index in [1.807, 2.05) is 31.2 Å². The van der Waals surface area contributed by atoms with E-state index >= 15 is 0 Å². The minimum atomic E-state index is -4.48. The summed E-state index contributed by atoms with van der Waals surface area (Å²) in [6, 6.07) is 15.4. The largest absolute Gasteiger partial charge is 0.416 e. The van der Waals surface area contributed by atoms with E-state index in [0.29, 0.717) is 12.4 Å². The SMILES string of the molecule is Cc1cccc(CNc2ccc(C(=O)Nc3cccc(C(F)(F)F)c3)nn2)c1. The number of nitrogens with zero attached hydrogens (tertiary/aromatic N) is 2. The lowest BCUT2D eigenvalue weighted by Crippen LogP contribution is -2.15. The van der Waals surface area contributed by atoms with E-state index in [4.69, 9.17) is 0 Å². The van der Waals surface area contributed by atoms with Crippen LogP contribution in [-0.2, 0) is 12.7 Å². The van der Waals surface area contributed by atoms with Crippen molar-refractivity contribution in [3.63, 3.8) is 0 Å². The summed E-state index contributed by atoms with van der Waals surface area (Å²) < 4.78 is 38.2. The summed E-state index contributed by atoms with van der Waals surface area (Å²) >= 11 is 0. The highest BCUT2D eigenvalue weighted by atomic mass is 19.4. The fourth-order valence-corrected chi connectivity index (χ4v) is 2.53. The number of rotatable bonds is 5. The van der Waals surface area contributed by atoms with Crippen molar-refractivity contribution in [2.24, 2.45) is 0 Å². The molecule has 3 rings (SSSR count). The number of halogens is 3. The van der Waals surface area contributed by atoms with Gasteiger partial charge in [-0.1, -0.05) is 35.9 Å². The van der Waals surface area contributed by atoms with Crippen LogP contribution in [-0.4, -0.2) is 16.1 Å². The maximum absolute atomic E-state index is 12.7. The quantitative estimate of drug-likeness (QED) is 0.669. The molecule has 0 unspecified atom stereocenters. The van der Waals surface area contributed by atoms with Crippen LogP contribution in [0, 0.1) is 6.92 Å². The molecular weight excluding hydrogens is 369 g/mol. The van der Waals surface area contributed by atoms with E-state index in [0.717, 1.165) is 23.3 Å². The van der Waals surface area contributed by atoms with Crippen LogP contribution in [0.25, 0.3) is 0 Å². The zero-order chi connectivity index (χ0) is 20.1. The number of aromatic nitrogens is 2. The number of nitrogens with one attached hydrogen (secondary N) is 2. The fraction of sp³-hybridized carbons (Fsp3) is 0.150. The molecule has 144 valence electrons. The van der Waals surface area contributed by atoms with Gasteiger partial charge < -0.3 is 10.6 Å². The van der Waals surface area contributed by atoms with Crippen molar-refractivity contribution < 1.29 is 18.0 Å². The number of hydrogen-bond donors (Lipinski definition) is 2. The molecule has 0 spiro atoms. The first-order chi connectivity index (χ1) is 13.3. The van der Waals surface area contributed by atoms with Crippen molar-refractivity contribution in [3.05, 3.63) is 83.0 Å². The summed E-state index contributed by atoms with van der Waals surface area (Å²) in [7, 11) is 0. The predicted molar refractivity (Wildman–Crippen MR) is 99.9 cm³/mol. The highest BCUT2D eigenvalue weighted by Gasteiger charge is 2.30. The molecule has 0 saturated heterocycles. The fourth-order valence-electron chi connectivity index (χ4n) is 2.53. The molecule has 0 saturated carbocycles. The number of alkyl halides is 3. The molecule has 0 aliphatic carbocycles. The molecule has 0 bridgehead atoms. The van der Waals surface area contributed by atoms with Crippen LogP contribution in [0.1, 0.15) is 27.2 Å². The number of hydrogen-bond acceptors (Lipinski definition) is 4. The predicted octanol–water partition coefficient (Wildman–Crippen LogP) is 4.67. The van der Waals surface area contributed by atoms with Gasteiger partial charge in [0.15, 0.2) is 5.69 Å². The number of benzene rings is 2. The van der Waals surface area contributed by atoms with Crippen LogP contribution in [0.15, 0.2) is 60.7 Å². The molecule has 0 aliphatic rings. The molecular formula is C20H17F3N4O. The number of carbonyl (C=O) groups is 1. The zero-order valence-electron chi connectivity index (χ0n) is 14.9. The van der Waals surface area contributed by atoms with Crippen LogP contribution >= 0.6 is 0 Å². The second kappa shape index (κ2) is 8.08. The number of carbonyl (C=O) groups excluding carboxylic acids is 1. The molecule has 1 amide bonds. The Bertz CT molecular complexity index is 972. The van der Waals surface area contributed by atoms with Gasteiger partial charge in [-0.25, -0.2) is 0 Å². The summed E-state index contributed by atoms with van der Waals surface area (Å²) in [6.07, 6.45) is -4.48. The zero-order valence-corrected chi connectivity index (χ0v) is 14.9. The van der Waals surface area contributed by atoms with Gasteiger partial charge in [0.1, 0.15) is 5.82 Å². The summed E-state index contributed by atoms with van der Waals surface area (Å²) in [5.74, 6) is -0.158. The van der Waals surface area contributed by atoms with Gasteiger partial charge >= 0.3 is 6.18 Å². The smallest absolute Gasteiger partial charge is 0.365 e. The first-order valence-electron chi connectivity index (χ1n) is 8.43. The lowest BCUT2D eigenvalue weighted by Gasteiger charge is -2.10. The monoisotopic (exact) mass is 386 g/mol. The van der Waals surface area contributed by atoms with Crippen LogP contribution in [0.2, 0.25) is 0 Å². The van der Waals surface area contributed by atoms with E-state index in [1.165, 1.54) is 18.2 Å². The van der Waals surface area contributed by atoms with E-state index in [-0.39, 0.29) is 11.4 Å². The van der Waals surface area contributed by atoms with Crippen molar-refractivity contribution in [2.45, 2.75) is 19.6 Å². The molecule has 1 heterocycles. The van der Waals surface area contributed by atoms with Crippen LogP contribution in [0.5, 0.6) is 0 Å². The van der Waals surface area contributed by atoms with E-state index in [2.05, 4.69) is 20.8 Å². The third kappa shape index (κ3) is 5.06. The Labute approximate surface area is 159 Å². The van der Waals surface area contributed by atoms with Crippen molar-refractivity contribution in [3.8, 4) is 0 Å². The van der Waals surface area contributed by atoms with Gasteiger partial charge in [-0.2, -0.15) is 13.2 Å². The molecule has 2 N–H and O–H groups in total. The molecule has 1 aromatic heterocycles. The number of aryl methyl sites for hydroxylation is 1. The summed E-state index contributed by atoms with van der Waals surface area (Å²) in [5.41, 5.74) is 1.41. The average Bonchev–Trinajstić information content (AvgIpc) is 2.66. The molecule has 5 nitrogen and oxygen atoms in total. The highest BCUT2D eigenvalue weighted by molar-refractivity contribution is 6.02. The van der Waals surface area contributed by atoms with Crippen LogP contribution in [0.3, 0.4) is 0 Å². The lowest BCUT2D eigenvalue weighted by molar-refractivity contribution is -0.137. The second-order valence-electron chi connectivity index (χ2n) is 6.18. The molecule has 0 aliphatic heterocycles. The Morgan fingerprint density at radius 1 is 1.00 bits per heavy atom. The van der Waals surface area contributed by atoms with Gasteiger partial charge in [-0.3, -0.25) is 4.79 Å². The van der Waals surface area contributed by atoms with E-state index < -0.39 is 17.6 Å². The van der Waals surface area contributed by atoms with Crippen molar-refractivity contribution >= 4 is 17.4 Å². The van der Waals surface area contributed by atoms with Gasteiger partial charge in [0, 0.05) is 12.2 Å². The summed E-state index contributed by atoms with van der Waals surface area (Å²) in [5, 5.41) is 13.3. The molecule has 0 atom stereocenters. The average molecular weight is 386 g/mol. The Morgan fingerprint density at radius 2 is 1.79 bits per heavy atom. The summed E-state index contributed by atoms with van der Waals surface area (Å²) in [6.45, 7) is 2.55. The summed E-state index contributed by atoms with van der Waals surface area (Å²) in [4.78, 5) is 12.2.